The first-order chi connectivity index (χ1) is 6.74. The number of oxime groups is 2. The minimum absolute atomic E-state index is 0.135. The maximum atomic E-state index is 8.83. The van der Waals surface area contributed by atoms with E-state index in [1.165, 1.54) is 14.2 Å². The SMILES string of the molecule is COC1(OC)CCCC(=N/O)/C1=N/O. The van der Waals surface area contributed by atoms with Gasteiger partial charge in [0.2, 0.25) is 5.79 Å². The number of methoxy groups -OCH3 is 2. The lowest BCUT2D eigenvalue weighted by atomic mass is 9.90. The number of rotatable bonds is 2. The van der Waals surface area contributed by atoms with Crippen LogP contribution in [0.25, 0.3) is 0 Å². The van der Waals surface area contributed by atoms with E-state index in [9.17, 15) is 0 Å². The summed E-state index contributed by atoms with van der Waals surface area (Å²) in [6.07, 6.45) is 1.86. The standard InChI is InChI=1S/C8H14N2O4/c1-13-8(14-2)5-3-4-6(9-11)7(8)10-12/h11-12H,3-5H2,1-2H3/b9-6-,10-7-. The fourth-order valence-electron chi connectivity index (χ4n) is 1.66. The van der Waals surface area contributed by atoms with Crippen LogP contribution in [0.2, 0.25) is 0 Å². The second kappa shape index (κ2) is 4.39. The molecule has 14 heavy (non-hydrogen) atoms. The minimum atomic E-state index is -1.09. The summed E-state index contributed by atoms with van der Waals surface area (Å²) >= 11 is 0. The van der Waals surface area contributed by atoms with E-state index in [1.807, 2.05) is 0 Å². The number of hydrogen-bond donors (Lipinski definition) is 2. The van der Waals surface area contributed by atoms with Gasteiger partial charge in [-0.05, 0) is 12.8 Å². The molecule has 2 N–H and O–H groups in total. The first-order valence-corrected chi connectivity index (χ1v) is 4.28. The van der Waals surface area contributed by atoms with Crippen molar-refractivity contribution < 1.29 is 19.9 Å². The zero-order valence-corrected chi connectivity index (χ0v) is 8.23. The van der Waals surface area contributed by atoms with Crippen molar-refractivity contribution >= 4 is 11.4 Å². The molecule has 80 valence electrons. The Morgan fingerprint density at radius 3 is 2.29 bits per heavy atom. The predicted molar refractivity (Wildman–Crippen MR) is 49.0 cm³/mol. The average Bonchev–Trinajstić information content (AvgIpc) is 2.27. The first kappa shape index (κ1) is 10.9. The number of hydrogen-bond acceptors (Lipinski definition) is 6. The van der Waals surface area contributed by atoms with Gasteiger partial charge in [0.25, 0.3) is 0 Å². The molecule has 1 aliphatic carbocycles. The zero-order chi connectivity index (χ0) is 10.6. The third-order valence-corrected chi connectivity index (χ3v) is 2.43. The van der Waals surface area contributed by atoms with Crippen molar-refractivity contribution in [3.05, 3.63) is 0 Å². The van der Waals surface area contributed by atoms with Gasteiger partial charge < -0.3 is 19.9 Å². The molecule has 1 rings (SSSR count). The third-order valence-electron chi connectivity index (χ3n) is 2.43. The van der Waals surface area contributed by atoms with Gasteiger partial charge in [-0.15, -0.1) is 0 Å². The van der Waals surface area contributed by atoms with Crippen LogP contribution in [-0.2, 0) is 9.47 Å². The molecule has 0 atom stereocenters. The van der Waals surface area contributed by atoms with Crippen LogP contribution in [0.15, 0.2) is 10.3 Å². The van der Waals surface area contributed by atoms with E-state index in [2.05, 4.69) is 10.3 Å². The van der Waals surface area contributed by atoms with Gasteiger partial charge in [-0.25, -0.2) is 0 Å². The van der Waals surface area contributed by atoms with Crippen molar-refractivity contribution in [3.63, 3.8) is 0 Å². The van der Waals surface area contributed by atoms with E-state index in [0.29, 0.717) is 18.6 Å². The molecule has 0 aromatic carbocycles. The van der Waals surface area contributed by atoms with Crippen LogP contribution < -0.4 is 0 Å². The van der Waals surface area contributed by atoms with Crippen LogP contribution in [0.4, 0.5) is 0 Å². The van der Waals surface area contributed by atoms with E-state index < -0.39 is 5.79 Å². The lowest BCUT2D eigenvalue weighted by molar-refractivity contribution is -0.159. The Bertz CT molecular complexity index is 258. The molecule has 0 aliphatic heterocycles. The summed E-state index contributed by atoms with van der Waals surface area (Å²) in [6.45, 7) is 0. The lowest BCUT2D eigenvalue weighted by Gasteiger charge is -2.34. The molecule has 0 spiro atoms. The molecule has 0 radical (unpaired) electrons. The monoisotopic (exact) mass is 202 g/mol. The van der Waals surface area contributed by atoms with Crippen LogP contribution in [-0.4, -0.2) is 41.8 Å². The molecule has 0 aromatic rings. The maximum absolute atomic E-state index is 8.83. The molecule has 1 aliphatic rings. The summed E-state index contributed by atoms with van der Waals surface area (Å²) in [5, 5.41) is 23.7. The number of ether oxygens (including phenoxy) is 2. The predicted octanol–water partition coefficient (Wildman–Crippen LogP) is 0.820. The molecule has 0 unspecified atom stereocenters. The quantitative estimate of drug-likeness (QED) is 0.394. The summed E-state index contributed by atoms with van der Waals surface area (Å²) in [4.78, 5) is 0. The average molecular weight is 202 g/mol. The zero-order valence-electron chi connectivity index (χ0n) is 8.23. The summed E-state index contributed by atoms with van der Waals surface area (Å²) in [6, 6.07) is 0. The van der Waals surface area contributed by atoms with E-state index >= 15 is 0 Å². The van der Waals surface area contributed by atoms with Crippen LogP contribution in [0.1, 0.15) is 19.3 Å². The molecular weight excluding hydrogens is 188 g/mol. The van der Waals surface area contributed by atoms with Gasteiger partial charge in [0.15, 0.2) is 5.71 Å². The molecule has 6 nitrogen and oxygen atoms in total. The summed E-state index contributed by atoms with van der Waals surface area (Å²) < 4.78 is 10.3. The Labute approximate surface area is 81.8 Å². The van der Waals surface area contributed by atoms with Crippen molar-refractivity contribution in [3.8, 4) is 0 Å². The molecule has 1 saturated carbocycles. The van der Waals surface area contributed by atoms with Gasteiger partial charge in [-0.2, -0.15) is 0 Å². The van der Waals surface area contributed by atoms with Gasteiger partial charge in [0.1, 0.15) is 5.71 Å². The smallest absolute Gasteiger partial charge is 0.217 e. The molecule has 0 heterocycles. The highest BCUT2D eigenvalue weighted by Crippen LogP contribution is 2.28. The normalized spacial score (nSPS) is 27.0. The Kier molecular flexibility index (Phi) is 3.43. The summed E-state index contributed by atoms with van der Waals surface area (Å²) in [5.74, 6) is -1.09. The van der Waals surface area contributed by atoms with Crippen LogP contribution in [0, 0.1) is 0 Å². The highest BCUT2D eigenvalue weighted by molar-refractivity contribution is 6.45. The maximum Gasteiger partial charge on any atom is 0.217 e. The van der Waals surface area contributed by atoms with Crippen LogP contribution >= 0.6 is 0 Å². The van der Waals surface area contributed by atoms with Crippen molar-refractivity contribution in [1.82, 2.24) is 0 Å². The summed E-state index contributed by atoms with van der Waals surface area (Å²) in [7, 11) is 2.91. The van der Waals surface area contributed by atoms with Gasteiger partial charge in [-0.3, -0.25) is 0 Å². The lowest BCUT2D eigenvalue weighted by Crippen LogP contribution is -2.49. The second-order valence-electron chi connectivity index (χ2n) is 3.01. The minimum Gasteiger partial charge on any atom is -0.411 e. The fraction of sp³-hybridized carbons (Fsp3) is 0.750. The van der Waals surface area contributed by atoms with Crippen molar-refractivity contribution in [2.45, 2.75) is 25.0 Å². The molecule has 0 amide bonds. The van der Waals surface area contributed by atoms with E-state index in [4.69, 9.17) is 19.9 Å². The highest BCUT2D eigenvalue weighted by atomic mass is 16.7. The third kappa shape index (κ3) is 1.58. The second-order valence-corrected chi connectivity index (χ2v) is 3.01. The van der Waals surface area contributed by atoms with E-state index in [1.54, 1.807) is 0 Å². The van der Waals surface area contributed by atoms with Crippen molar-refractivity contribution in [2.75, 3.05) is 14.2 Å². The molecule has 6 heteroatoms. The highest BCUT2D eigenvalue weighted by Gasteiger charge is 2.43. The molecule has 0 saturated heterocycles. The molecular formula is C8H14N2O4. The fourth-order valence-corrected chi connectivity index (χ4v) is 1.66. The van der Waals surface area contributed by atoms with Crippen LogP contribution in [0.5, 0.6) is 0 Å². The Morgan fingerprint density at radius 1 is 1.21 bits per heavy atom. The van der Waals surface area contributed by atoms with Crippen molar-refractivity contribution in [1.29, 1.82) is 0 Å². The largest absolute Gasteiger partial charge is 0.411 e. The molecule has 1 fully saturated rings. The number of nitrogens with zero attached hydrogens (tertiary/aromatic N) is 2. The first-order valence-electron chi connectivity index (χ1n) is 4.28. The Hall–Kier alpha value is -1.14. The van der Waals surface area contributed by atoms with E-state index in [-0.39, 0.29) is 5.71 Å². The molecule has 0 aromatic heterocycles. The Balaban J connectivity index is 3.06. The van der Waals surface area contributed by atoms with Crippen molar-refractivity contribution in [2.24, 2.45) is 10.3 Å². The molecule has 0 bridgehead atoms. The Morgan fingerprint density at radius 2 is 1.86 bits per heavy atom. The summed E-state index contributed by atoms with van der Waals surface area (Å²) in [5.41, 5.74) is 0.429. The van der Waals surface area contributed by atoms with Gasteiger partial charge in [0.05, 0.1) is 0 Å². The van der Waals surface area contributed by atoms with E-state index in [0.717, 1.165) is 6.42 Å². The topological polar surface area (TPSA) is 83.6 Å². The van der Waals surface area contributed by atoms with Crippen LogP contribution in [0.3, 0.4) is 0 Å². The van der Waals surface area contributed by atoms with Gasteiger partial charge >= 0.3 is 0 Å². The van der Waals surface area contributed by atoms with Gasteiger partial charge in [-0.1, -0.05) is 10.3 Å². The van der Waals surface area contributed by atoms with Gasteiger partial charge in [0, 0.05) is 20.6 Å².